The molecule has 1 atom stereocenters. The Hall–Kier alpha value is -1.79. The molecule has 1 aromatic rings. The van der Waals surface area contributed by atoms with Gasteiger partial charge in [-0.15, -0.1) is 11.8 Å². The molecule has 23 heavy (non-hydrogen) atoms. The Labute approximate surface area is 143 Å². The molecule has 1 aliphatic heterocycles. The van der Waals surface area contributed by atoms with Gasteiger partial charge in [0.05, 0.1) is 11.4 Å². The Morgan fingerprint density at radius 3 is 2.52 bits per heavy atom. The highest BCUT2D eigenvalue weighted by Crippen LogP contribution is 2.36. The zero-order valence-electron chi connectivity index (χ0n) is 12.7. The first kappa shape index (κ1) is 17.6. The normalized spacial score (nSPS) is 17.8. The quantitative estimate of drug-likeness (QED) is 0.796. The SMILES string of the molecule is CCN1C(=O)C(CC(=O)O)=C(C(=O)c2ccccc2Cl)[C@@H]1SC. The summed E-state index contributed by atoms with van der Waals surface area (Å²) in [6.45, 7) is 2.19. The fourth-order valence-corrected chi connectivity index (χ4v) is 3.82. The van der Waals surface area contributed by atoms with Crippen molar-refractivity contribution in [1.29, 1.82) is 0 Å². The van der Waals surface area contributed by atoms with Gasteiger partial charge >= 0.3 is 5.97 Å². The van der Waals surface area contributed by atoms with Crippen LogP contribution in [0.5, 0.6) is 0 Å². The van der Waals surface area contributed by atoms with Crippen LogP contribution in [0.15, 0.2) is 35.4 Å². The fourth-order valence-electron chi connectivity index (χ4n) is 2.62. The largest absolute Gasteiger partial charge is 0.481 e. The summed E-state index contributed by atoms with van der Waals surface area (Å²) in [7, 11) is 0. The van der Waals surface area contributed by atoms with E-state index in [1.54, 1.807) is 37.4 Å². The van der Waals surface area contributed by atoms with Crippen LogP contribution in [-0.4, -0.2) is 45.8 Å². The van der Waals surface area contributed by atoms with E-state index in [4.69, 9.17) is 16.7 Å². The van der Waals surface area contributed by atoms with Crippen molar-refractivity contribution >= 4 is 41.0 Å². The van der Waals surface area contributed by atoms with Gasteiger partial charge < -0.3 is 10.0 Å². The van der Waals surface area contributed by atoms with Crippen molar-refractivity contribution < 1.29 is 19.5 Å². The van der Waals surface area contributed by atoms with Gasteiger partial charge in [-0.05, 0) is 25.3 Å². The van der Waals surface area contributed by atoms with Crippen LogP contribution in [0.1, 0.15) is 23.7 Å². The molecular formula is C16H16ClNO4S. The number of likely N-dealkylation sites (N-methyl/N-ethyl adjacent to an activating group) is 1. The Bertz CT molecular complexity index is 701. The molecule has 1 amide bonds. The maximum absolute atomic E-state index is 12.9. The van der Waals surface area contributed by atoms with Gasteiger partial charge in [0.25, 0.3) is 5.91 Å². The van der Waals surface area contributed by atoms with Gasteiger partial charge in [0.1, 0.15) is 5.37 Å². The van der Waals surface area contributed by atoms with Crippen molar-refractivity contribution in [3.63, 3.8) is 0 Å². The van der Waals surface area contributed by atoms with Crippen molar-refractivity contribution in [3.05, 3.63) is 46.0 Å². The van der Waals surface area contributed by atoms with Crippen LogP contribution in [0.2, 0.25) is 5.02 Å². The molecule has 1 aromatic carbocycles. The van der Waals surface area contributed by atoms with Gasteiger partial charge in [-0.25, -0.2) is 0 Å². The lowest BCUT2D eigenvalue weighted by molar-refractivity contribution is -0.137. The zero-order valence-corrected chi connectivity index (χ0v) is 14.3. The van der Waals surface area contributed by atoms with Gasteiger partial charge in [0.15, 0.2) is 5.78 Å². The first-order valence-electron chi connectivity index (χ1n) is 7.00. The van der Waals surface area contributed by atoms with E-state index in [0.29, 0.717) is 6.54 Å². The first-order valence-corrected chi connectivity index (χ1v) is 8.66. The highest BCUT2D eigenvalue weighted by atomic mass is 35.5. The summed E-state index contributed by atoms with van der Waals surface area (Å²) in [5, 5.41) is 8.87. The Morgan fingerprint density at radius 1 is 1.35 bits per heavy atom. The minimum absolute atomic E-state index is 0.0450. The van der Waals surface area contributed by atoms with E-state index in [-0.39, 0.29) is 21.7 Å². The molecule has 0 aromatic heterocycles. The average Bonchev–Trinajstić information content (AvgIpc) is 2.78. The van der Waals surface area contributed by atoms with Crippen molar-refractivity contribution in [2.24, 2.45) is 0 Å². The van der Waals surface area contributed by atoms with Crippen molar-refractivity contribution in [2.45, 2.75) is 18.7 Å². The number of carbonyl (C=O) groups is 3. The number of hydrogen-bond donors (Lipinski definition) is 1. The molecule has 0 spiro atoms. The number of carboxylic acid groups (broad SMARTS) is 1. The monoisotopic (exact) mass is 353 g/mol. The molecule has 0 aliphatic carbocycles. The number of amides is 1. The van der Waals surface area contributed by atoms with Crippen molar-refractivity contribution in [3.8, 4) is 0 Å². The van der Waals surface area contributed by atoms with E-state index in [0.717, 1.165) is 0 Å². The van der Waals surface area contributed by atoms with E-state index in [2.05, 4.69) is 0 Å². The van der Waals surface area contributed by atoms with Gasteiger partial charge in [0, 0.05) is 23.3 Å². The van der Waals surface area contributed by atoms with Crippen LogP contribution in [0.25, 0.3) is 0 Å². The molecule has 7 heteroatoms. The Kier molecular flexibility index (Phi) is 5.49. The summed E-state index contributed by atoms with van der Waals surface area (Å²) < 4.78 is 0. The summed E-state index contributed by atoms with van der Waals surface area (Å²) in [6.07, 6.45) is 1.31. The molecule has 1 N–H and O–H groups in total. The lowest BCUT2D eigenvalue weighted by atomic mass is 9.98. The summed E-state index contributed by atoms with van der Waals surface area (Å²) >= 11 is 7.41. The highest BCUT2D eigenvalue weighted by molar-refractivity contribution is 7.99. The van der Waals surface area contributed by atoms with Gasteiger partial charge in [-0.3, -0.25) is 14.4 Å². The lowest BCUT2D eigenvalue weighted by Gasteiger charge is -2.23. The number of thioether (sulfide) groups is 1. The molecule has 1 aliphatic rings. The number of ketones is 1. The third kappa shape index (κ3) is 3.28. The number of hydrogen-bond acceptors (Lipinski definition) is 4. The predicted molar refractivity (Wildman–Crippen MR) is 89.8 cm³/mol. The third-order valence-corrected chi connectivity index (χ3v) is 4.90. The molecular weight excluding hydrogens is 338 g/mol. The predicted octanol–water partition coefficient (Wildman–Crippen LogP) is 2.85. The minimum Gasteiger partial charge on any atom is -0.481 e. The molecule has 0 fully saturated rings. The van der Waals surface area contributed by atoms with Gasteiger partial charge in [-0.2, -0.15) is 0 Å². The van der Waals surface area contributed by atoms with E-state index < -0.39 is 29.5 Å². The molecule has 0 radical (unpaired) electrons. The second-order valence-corrected chi connectivity index (χ2v) is 6.28. The molecule has 0 bridgehead atoms. The van der Waals surface area contributed by atoms with Crippen molar-refractivity contribution in [1.82, 2.24) is 4.90 Å². The van der Waals surface area contributed by atoms with Crippen LogP contribution >= 0.6 is 23.4 Å². The highest BCUT2D eigenvalue weighted by Gasteiger charge is 2.42. The molecule has 0 saturated heterocycles. The first-order chi connectivity index (χ1) is 10.9. The Morgan fingerprint density at radius 2 is 2.00 bits per heavy atom. The number of carbonyl (C=O) groups excluding carboxylic acids is 2. The van der Waals surface area contributed by atoms with Crippen LogP contribution in [0, 0.1) is 0 Å². The number of aliphatic carboxylic acids is 1. The smallest absolute Gasteiger partial charge is 0.308 e. The van der Waals surface area contributed by atoms with Crippen molar-refractivity contribution in [2.75, 3.05) is 12.8 Å². The summed E-state index contributed by atoms with van der Waals surface area (Å²) in [6, 6.07) is 6.55. The molecule has 0 saturated carbocycles. The van der Waals surface area contributed by atoms with Gasteiger partial charge in [-0.1, -0.05) is 23.7 Å². The van der Waals surface area contributed by atoms with Crippen LogP contribution < -0.4 is 0 Å². The topological polar surface area (TPSA) is 74.7 Å². The maximum atomic E-state index is 12.9. The number of halogens is 1. The van der Waals surface area contributed by atoms with Crippen LogP contribution in [0.4, 0.5) is 0 Å². The molecule has 2 rings (SSSR count). The number of carboxylic acids is 1. The fraction of sp³-hybridized carbons (Fsp3) is 0.312. The number of Topliss-reactive ketones (excluding diaryl/α,β-unsaturated/α-hetero) is 1. The number of rotatable bonds is 6. The maximum Gasteiger partial charge on any atom is 0.308 e. The zero-order chi connectivity index (χ0) is 17.1. The lowest BCUT2D eigenvalue weighted by Crippen LogP contribution is -2.34. The molecule has 0 unspecified atom stereocenters. The van der Waals surface area contributed by atoms with Crippen LogP contribution in [0.3, 0.4) is 0 Å². The minimum atomic E-state index is -1.14. The standard InChI is InChI=1S/C16H16ClNO4S/c1-3-18-15(22)10(8-12(19)20)13(16(18)23-2)14(21)9-6-4-5-7-11(9)17/h4-7,16H,3,8H2,1-2H3,(H,19,20)/t16-/m0/s1. The van der Waals surface area contributed by atoms with Gasteiger partial charge in [0.2, 0.25) is 0 Å². The third-order valence-electron chi connectivity index (χ3n) is 3.63. The summed E-state index contributed by atoms with van der Waals surface area (Å²) in [4.78, 5) is 38.0. The number of nitrogens with zero attached hydrogens (tertiary/aromatic N) is 1. The van der Waals surface area contributed by atoms with E-state index in [1.807, 2.05) is 0 Å². The summed E-state index contributed by atoms with van der Waals surface area (Å²) in [5.41, 5.74) is 0.542. The molecule has 122 valence electrons. The summed E-state index contributed by atoms with van der Waals surface area (Å²) in [5.74, 6) is -1.93. The van der Waals surface area contributed by atoms with E-state index in [9.17, 15) is 14.4 Å². The average molecular weight is 354 g/mol. The Balaban J connectivity index is 2.58. The van der Waals surface area contributed by atoms with E-state index >= 15 is 0 Å². The van der Waals surface area contributed by atoms with Crippen LogP contribution in [-0.2, 0) is 9.59 Å². The molecule has 1 heterocycles. The van der Waals surface area contributed by atoms with E-state index in [1.165, 1.54) is 16.7 Å². The second-order valence-electron chi connectivity index (χ2n) is 4.95. The second kappa shape index (κ2) is 7.19. The molecule has 5 nitrogen and oxygen atoms in total. The number of benzene rings is 1.